The highest BCUT2D eigenvalue weighted by Gasteiger charge is 2.28. The number of hydrogen-bond donors (Lipinski definition) is 1. The highest BCUT2D eigenvalue weighted by Crippen LogP contribution is 2.35. The highest BCUT2D eigenvalue weighted by atomic mass is 32.2. The molecule has 2 aliphatic heterocycles. The van der Waals surface area contributed by atoms with Crippen LogP contribution in [0.4, 0.5) is 5.69 Å². The zero-order valence-electron chi connectivity index (χ0n) is 12.6. The number of anilines is 1. The number of para-hydroxylation sites is 1. The largest absolute Gasteiger partial charge is 0.378 e. The summed E-state index contributed by atoms with van der Waals surface area (Å²) in [6.07, 6.45) is 1.63. The first-order valence-electron chi connectivity index (χ1n) is 7.75. The van der Waals surface area contributed by atoms with Gasteiger partial charge in [-0.05, 0) is 30.4 Å². The van der Waals surface area contributed by atoms with E-state index in [0.29, 0.717) is 19.0 Å². The topological polar surface area (TPSA) is 75.9 Å². The van der Waals surface area contributed by atoms with Crippen molar-refractivity contribution in [1.82, 2.24) is 4.31 Å². The Morgan fingerprint density at radius 2 is 1.68 bits per heavy atom. The standard InChI is InChI=1S/C15H23N3O3S/c16-22(19,20)18-7-5-13(6-8-18)14-3-1-2-4-15(14)17-9-11-21-12-10-17/h1-4,13H,5-12H2,(H2,16,19,20). The number of nitrogens with two attached hydrogens (primary N) is 1. The number of hydrogen-bond acceptors (Lipinski definition) is 4. The molecule has 2 aliphatic rings. The maximum absolute atomic E-state index is 11.4. The van der Waals surface area contributed by atoms with Crippen molar-refractivity contribution in [3.05, 3.63) is 29.8 Å². The SMILES string of the molecule is NS(=O)(=O)N1CCC(c2ccccc2N2CCOCC2)CC1. The van der Waals surface area contributed by atoms with Crippen molar-refractivity contribution >= 4 is 15.9 Å². The Morgan fingerprint density at radius 3 is 2.32 bits per heavy atom. The number of piperidine rings is 1. The van der Waals surface area contributed by atoms with Crippen LogP contribution in [0.5, 0.6) is 0 Å². The van der Waals surface area contributed by atoms with Crippen LogP contribution < -0.4 is 10.0 Å². The fraction of sp³-hybridized carbons (Fsp3) is 0.600. The lowest BCUT2D eigenvalue weighted by Crippen LogP contribution is -2.42. The van der Waals surface area contributed by atoms with E-state index in [-0.39, 0.29) is 0 Å². The summed E-state index contributed by atoms with van der Waals surface area (Å²) in [6, 6.07) is 8.45. The van der Waals surface area contributed by atoms with Crippen LogP contribution in [0.15, 0.2) is 24.3 Å². The summed E-state index contributed by atoms with van der Waals surface area (Å²) in [5, 5.41) is 5.22. The minimum atomic E-state index is -3.56. The average Bonchev–Trinajstić information content (AvgIpc) is 2.55. The van der Waals surface area contributed by atoms with Gasteiger partial charge in [0.2, 0.25) is 0 Å². The molecule has 0 spiro atoms. The molecule has 2 heterocycles. The molecule has 0 radical (unpaired) electrons. The van der Waals surface area contributed by atoms with Gasteiger partial charge in [-0.15, -0.1) is 0 Å². The number of morpholine rings is 1. The third kappa shape index (κ3) is 3.43. The Balaban J connectivity index is 1.75. The molecule has 2 saturated heterocycles. The fourth-order valence-electron chi connectivity index (χ4n) is 3.35. The normalized spacial score (nSPS) is 22.0. The van der Waals surface area contributed by atoms with E-state index in [2.05, 4.69) is 29.2 Å². The van der Waals surface area contributed by atoms with E-state index in [1.807, 2.05) is 0 Å². The molecule has 7 heteroatoms. The van der Waals surface area contributed by atoms with Crippen molar-refractivity contribution in [1.29, 1.82) is 0 Å². The lowest BCUT2D eigenvalue weighted by molar-refractivity contribution is 0.122. The summed E-state index contributed by atoms with van der Waals surface area (Å²) in [7, 11) is -3.56. The molecular weight excluding hydrogens is 302 g/mol. The molecule has 1 aromatic rings. The maximum atomic E-state index is 11.4. The predicted octanol–water partition coefficient (Wildman–Crippen LogP) is 0.906. The summed E-state index contributed by atoms with van der Waals surface area (Å²) in [5.74, 6) is 0.386. The molecule has 1 aromatic carbocycles. The molecule has 0 amide bonds. The molecule has 6 nitrogen and oxygen atoms in total. The quantitative estimate of drug-likeness (QED) is 0.896. The first-order chi connectivity index (χ1) is 10.6. The molecule has 0 aromatic heterocycles. The van der Waals surface area contributed by atoms with Crippen LogP contribution in [0.25, 0.3) is 0 Å². The first kappa shape index (κ1) is 15.7. The molecular formula is C15H23N3O3S. The molecule has 3 rings (SSSR count). The summed E-state index contributed by atoms with van der Waals surface area (Å²) >= 11 is 0. The van der Waals surface area contributed by atoms with Gasteiger partial charge in [0.1, 0.15) is 0 Å². The summed E-state index contributed by atoms with van der Waals surface area (Å²) in [6.45, 7) is 4.35. The van der Waals surface area contributed by atoms with Crippen molar-refractivity contribution in [3.63, 3.8) is 0 Å². The molecule has 0 bridgehead atoms. The molecule has 0 aliphatic carbocycles. The third-order valence-corrected chi connectivity index (χ3v) is 5.63. The van der Waals surface area contributed by atoms with Crippen LogP contribution in [0, 0.1) is 0 Å². The van der Waals surface area contributed by atoms with Gasteiger partial charge in [0, 0.05) is 31.9 Å². The number of benzene rings is 1. The average molecular weight is 325 g/mol. The Bertz CT molecular complexity index is 606. The van der Waals surface area contributed by atoms with Crippen molar-refractivity contribution in [2.75, 3.05) is 44.3 Å². The van der Waals surface area contributed by atoms with Gasteiger partial charge in [-0.3, -0.25) is 0 Å². The van der Waals surface area contributed by atoms with Gasteiger partial charge in [0.25, 0.3) is 10.2 Å². The predicted molar refractivity (Wildman–Crippen MR) is 86.1 cm³/mol. The van der Waals surface area contributed by atoms with E-state index in [9.17, 15) is 8.42 Å². The third-order valence-electron chi connectivity index (χ3n) is 4.54. The van der Waals surface area contributed by atoms with Crippen LogP contribution >= 0.6 is 0 Å². The first-order valence-corrected chi connectivity index (χ1v) is 9.25. The number of ether oxygens (including phenoxy) is 1. The van der Waals surface area contributed by atoms with E-state index in [1.54, 1.807) is 0 Å². The summed E-state index contributed by atoms with van der Waals surface area (Å²) < 4.78 is 29.7. The molecule has 122 valence electrons. The van der Waals surface area contributed by atoms with Gasteiger partial charge < -0.3 is 9.64 Å². The van der Waals surface area contributed by atoms with Gasteiger partial charge in [-0.2, -0.15) is 12.7 Å². The van der Waals surface area contributed by atoms with E-state index in [4.69, 9.17) is 9.88 Å². The summed E-state index contributed by atoms with van der Waals surface area (Å²) in [5.41, 5.74) is 2.58. The second kappa shape index (κ2) is 6.54. The molecule has 2 N–H and O–H groups in total. The minimum absolute atomic E-state index is 0.386. The van der Waals surface area contributed by atoms with Crippen LogP contribution in [-0.2, 0) is 14.9 Å². The van der Waals surface area contributed by atoms with Crippen molar-refractivity contribution in [2.24, 2.45) is 5.14 Å². The van der Waals surface area contributed by atoms with Crippen LogP contribution in [0.1, 0.15) is 24.3 Å². The van der Waals surface area contributed by atoms with Gasteiger partial charge in [0.05, 0.1) is 13.2 Å². The van der Waals surface area contributed by atoms with E-state index in [0.717, 1.165) is 39.1 Å². The van der Waals surface area contributed by atoms with Gasteiger partial charge in [-0.25, -0.2) is 5.14 Å². The lowest BCUT2D eigenvalue weighted by Gasteiger charge is -2.35. The maximum Gasteiger partial charge on any atom is 0.276 e. The molecule has 0 unspecified atom stereocenters. The molecule has 0 atom stereocenters. The molecule has 22 heavy (non-hydrogen) atoms. The van der Waals surface area contributed by atoms with Crippen LogP contribution in [0.3, 0.4) is 0 Å². The van der Waals surface area contributed by atoms with E-state index in [1.165, 1.54) is 15.6 Å². The Hall–Kier alpha value is -1.15. The van der Waals surface area contributed by atoms with Gasteiger partial charge >= 0.3 is 0 Å². The highest BCUT2D eigenvalue weighted by molar-refractivity contribution is 7.86. The second-order valence-electron chi connectivity index (χ2n) is 5.88. The Morgan fingerprint density at radius 1 is 1.05 bits per heavy atom. The smallest absolute Gasteiger partial charge is 0.276 e. The number of nitrogens with zero attached hydrogens (tertiary/aromatic N) is 2. The van der Waals surface area contributed by atoms with Crippen LogP contribution in [-0.4, -0.2) is 52.1 Å². The number of rotatable bonds is 3. The van der Waals surface area contributed by atoms with E-state index < -0.39 is 10.2 Å². The van der Waals surface area contributed by atoms with Gasteiger partial charge in [0.15, 0.2) is 0 Å². The lowest BCUT2D eigenvalue weighted by atomic mass is 9.88. The second-order valence-corrected chi connectivity index (χ2v) is 7.42. The Kier molecular flexibility index (Phi) is 4.67. The molecule has 0 saturated carbocycles. The zero-order chi connectivity index (χ0) is 15.6. The van der Waals surface area contributed by atoms with Crippen molar-refractivity contribution in [2.45, 2.75) is 18.8 Å². The van der Waals surface area contributed by atoms with Crippen molar-refractivity contribution < 1.29 is 13.2 Å². The Labute approximate surface area is 132 Å². The van der Waals surface area contributed by atoms with Gasteiger partial charge in [-0.1, -0.05) is 18.2 Å². The fourth-order valence-corrected chi connectivity index (χ4v) is 4.07. The zero-order valence-corrected chi connectivity index (χ0v) is 13.5. The van der Waals surface area contributed by atoms with Crippen molar-refractivity contribution in [3.8, 4) is 0 Å². The minimum Gasteiger partial charge on any atom is -0.378 e. The van der Waals surface area contributed by atoms with Crippen LogP contribution in [0.2, 0.25) is 0 Å². The van der Waals surface area contributed by atoms with E-state index >= 15 is 0 Å². The summed E-state index contributed by atoms with van der Waals surface area (Å²) in [4.78, 5) is 2.37. The molecule has 2 fully saturated rings. The monoisotopic (exact) mass is 325 g/mol.